The lowest BCUT2D eigenvalue weighted by Gasteiger charge is -2.21. The second-order valence-electron chi connectivity index (χ2n) is 12.1. The highest BCUT2D eigenvalue weighted by molar-refractivity contribution is 7.86. The van der Waals surface area contributed by atoms with Gasteiger partial charge in [-0.3, -0.25) is 9.11 Å². The zero-order valence-electron chi connectivity index (χ0n) is 30.2. The summed E-state index contributed by atoms with van der Waals surface area (Å²) < 4.78 is 179. The van der Waals surface area contributed by atoms with Crippen LogP contribution in [0, 0.1) is 11.0 Å². The van der Waals surface area contributed by atoms with Crippen molar-refractivity contribution in [2.75, 3.05) is 11.5 Å². The molecular weight excluding hydrogens is 831 g/mol. The average Bonchev–Trinajstić information content (AvgIpc) is 3.11. The van der Waals surface area contributed by atoms with E-state index in [1.807, 2.05) is 0 Å². The van der Waals surface area contributed by atoms with Crippen LogP contribution in [0.25, 0.3) is 54.9 Å². The van der Waals surface area contributed by atoms with Gasteiger partial charge in [-0.25, -0.2) is 11.0 Å². The van der Waals surface area contributed by atoms with E-state index in [2.05, 4.69) is 30.8 Å². The van der Waals surface area contributed by atoms with Gasteiger partial charge in [-0.1, -0.05) is 12.1 Å². The van der Waals surface area contributed by atoms with E-state index in [1.54, 1.807) is 0 Å². The molecule has 0 unspecified atom stereocenters. The van der Waals surface area contributed by atoms with Crippen molar-refractivity contribution in [1.82, 2.24) is 0 Å². The van der Waals surface area contributed by atoms with E-state index in [4.69, 9.17) is 14.3 Å². The first-order valence-electron chi connectivity index (χ1n) is 16.4. The van der Waals surface area contributed by atoms with Gasteiger partial charge in [0.15, 0.2) is 11.5 Å². The molecule has 6 aromatic rings. The number of nitrogens with zero attached hydrogens (tertiary/aromatic N) is 2. The van der Waals surface area contributed by atoms with E-state index in [0.717, 1.165) is 48.5 Å². The predicted octanol–water partition coefficient (Wildman–Crippen LogP) is 9.19. The van der Waals surface area contributed by atoms with Crippen LogP contribution in [0.3, 0.4) is 0 Å². The summed E-state index contributed by atoms with van der Waals surface area (Å²) in [6, 6.07) is 11.4. The minimum atomic E-state index is -5.59. The summed E-state index contributed by atoms with van der Waals surface area (Å²) in [5.41, 5.74) is 10.7. The lowest BCUT2D eigenvalue weighted by molar-refractivity contribution is -0.275. The highest BCUT2D eigenvalue weighted by Crippen LogP contribution is 2.53. The number of nitrogens with one attached hydrogen (secondary N) is 2. The Hall–Kier alpha value is -6.76. The molecule has 58 heavy (non-hydrogen) atoms. The van der Waals surface area contributed by atoms with E-state index in [9.17, 15) is 62.5 Å². The molecule has 10 N–H and O–H groups in total. The van der Waals surface area contributed by atoms with E-state index in [-0.39, 0.29) is 22.1 Å². The monoisotopic (exact) mass is 852 g/mol. The molecule has 0 atom stereocenters. The molecule has 16 nitrogen and oxygen atoms in total. The van der Waals surface area contributed by atoms with Gasteiger partial charge < -0.3 is 31.2 Å². The minimum absolute atomic E-state index is 0.123. The highest BCUT2D eigenvalue weighted by atomic mass is 32.2. The summed E-state index contributed by atoms with van der Waals surface area (Å²) in [5, 5.41) is 26.9. The van der Waals surface area contributed by atoms with Crippen molar-refractivity contribution in [3.63, 3.8) is 0 Å². The lowest BCUT2D eigenvalue weighted by atomic mass is 9.92. The second-order valence-corrected chi connectivity index (χ2v) is 14.8. The zero-order chi connectivity index (χ0) is 44.3. The number of phenolic OH excluding ortho intramolecular Hbond substituents is 2. The van der Waals surface area contributed by atoms with E-state index < -0.39 is 121 Å². The maximum absolute atomic E-state index is 14.1. The van der Waals surface area contributed by atoms with Gasteiger partial charge in [0, 0.05) is 44.4 Å². The molecule has 24 heteroatoms. The van der Waals surface area contributed by atoms with Gasteiger partial charge in [0.2, 0.25) is 2.82 Å². The number of nitrogen functional groups attached to an aromatic ring is 2. The van der Waals surface area contributed by atoms with Crippen LogP contribution >= 0.6 is 0 Å². The molecule has 302 valence electrons. The van der Waals surface area contributed by atoms with Crippen molar-refractivity contribution in [2.45, 2.75) is 22.5 Å². The molecule has 0 amide bonds. The summed E-state index contributed by atoms with van der Waals surface area (Å²) in [5.74, 6) is -4.48. The Balaban J connectivity index is 1.71. The molecule has 6 aromatic carbocycles. The average molecular weight is 853 g/mol. The van der Waals surface area contributed by atoms with Crippen LogP contribution in [0.4, 0.5) is 49.1 Å². The minimum Gasteiger partial charge on any atom is -0.505 e. The summed E-state index contributed by atoms with van der Waals surface area (Å²) in [6.45, 7) is 0. The SMILES string of the molecule is [H]/N=N/c1c(S(=O)(=O)O)c(-c2ccc(-c3ccc(-c4c(S(=O)(=O)O)c(/N=N/[H])c(O)c5ccc(N)cc45)c(OC(F)(F)F)c3)cc2OC(F)(F)F)c2cc(N)ccc2c1O. The molecule has 0 saturated heterocycles. The molecule has 0 radical (unpaired) electrons. The van der Waals surface area contributed by atoms with Gasteiger partial charge in [-0.2, -0.15) is 27.1 Å². The van der Waals surface area contributed by atoms with Crippen molar-refractivity contribution in [3.05, 3.63) is 72.8 Å². The molecule has 0 heterocycles. The van der Waals surface area contributed by atoms with E-state index in [0.29, 0.717) is 12.1 Å². The van der Waals surface area contributed by atoms with Gasteiger partial charge >= 0.3 is 12.7 Å². The molecule has 0 saturated carbocycles. The van der Waals surface area contributed by atoms with E-state index in [1.165, 1.54) is 12.1 Å². The van der Waals surface area contributed by atoms with Crippen LogP contribution in [0.15, 0.2) is 92.8 Å². The Kier molecular flexibility index (Phi) is 9.21. The topological polar surface area (TPSA) is 292 Å². The molecule has 0 aliphatic carbocycles. The summed E-state index contributed by atoms with van der Waals surface area (Å²) >= 11 is 0. The molecule has 0 aromatic heterocycles. The summed E-state index contributed by atoms with van der Waals surface area (Å²) in [7, 11) is -11.2. The first kappa shape index (κ1) is 38.1. The largest absolute Gasteiger partial charge is 0.573 e. The number of halogens is 6. The van der Waals surface area contributed by atoms with Crippen LogP contribution < -0.4 is 20.9 Å². The standard InChI is InChI=1S/C34H22F6N6O10S2/c35-33(36,37)55-23-9-13(1-5-19(23)25-21-11-15(41)3-7-17(21)29(47)27(45-43)31(25)57(49,50)51)14-2-6-20(24(10-14)56-34(38,39)40)26-22-12-16(42)4-8-18(22)30(48)28(46-44)32(26)58(52,53)54/h1-12,43-44,47-48H,41-42H2,(H,49,50,51)(H,52,53,54)/b45-43+,46-44+. The number of phenols is 2. The van der Waals surface area contributed by atoms with E-state index >= 15 is 0 Å². The third-order valence-electron chi connectivity index (χ3n) is 8.47. The van der Waals surface area contributed by atoms with Crippen LogP contribution in [-0.2, 0) is 20.2 Å². The molecule has 0 bridgehead atoms. The number of ether oxygens (including phenoxy) is 2. The van der Waals surface area contributed by atoms with Gasteiger partial charge in [-0.05, 0) is 82.6 Å². The number of alkyl halides is 6. The molecular formula is C34H22F6N6O10S2. The smallest absolute Gasteiger partial charge is 0.505 e. The molecule has 0 fully saturated rings. The Labute approximate surface area is 323 Å². The quantitative estimate of drug-likeness (QED) is 0.0292. The number of fused-ring (bicyclic) bond motifs is 2. The Bertz CT molecular complexity index is 2860. The number of rotatable bonds is 9. The lowest BCUT2D eigenvalue weighted by Crippen LogP contribution is -2.18. The van der Waals surface area contributed by atoms with Crippen LogP contribution in [0.2, 0.25) is 2.82 Å². The highest BCUT2D eigenvalue weighted by Gasteiger charge is 2.37. The van der Waals surface area contributed by atoms with Crippen molar-refractivity contribution in [3.8, 4) is 56.4 Å². The molecule has 0 aliphatic heterocycles. The fraction of sp³-hybridized carbons (Fsp3) is 0.0588. The number of hydrogen-bond acceptors (Lipinski definition) is 14. The Morgan fingerprint density at radius 2 is 0.948 bits per heavy atom. The maximum atomic E-state index is 14.1. The molecule has 0 aliphatic rings. The number of benzene rings is 6. The number of anilines is 2. The number of nitrogens with two attached hydrogens (primary N) is 2. The summed E-state index contributed by atoms with van der Waals surface area (Å²) in [4.78, 5) is -2.69. The Morgan fingerprint density at radius 1 is 0.586 bits per heavy atom. The zero-order valence-corrected chi connectivity index (χ0v) is 29.8. The summed E-state index contributed by atoms with van der Waals surface area (Å²) in [6.07, 6.45) is -11.1. The van der Waals surface area contributed by atoms with Gasteiger partial charge in [0.1, 0.15) is 32.7 Å². The number of hydrogen-bond donors (Lipinski definition) is 8. The van der Waals surface area contributed by atoms with Crippen molar-refractivity contribution >= 4 is 64.5 Å². The third-order valence-corrected chi connectivity index (χ3v) is 10.3. The van der Waals surface area contributed by atoms with Crippen LogP contribution in [0.5, 0.6) is 23.0 Å². The number of aromatic hydroxyl groups is 2. The predicted molar refractivity (Wildman–Crippen MR) is 193 cm³/mol. The second kappa shape index (κ2) is 14.0. The first-order chi connectivity index (χ1) is 27.8. The Morgan fingerprint density at radius 3 is 1.26 bits per heavy atom. The fourth-order valence-corrected chi connectivity index (χ4v) is 8.08. The normalized spacial score (nSPS) is 13.4. The van der Waals surface area contributed by atoms with Gasteiger partial charge in [0.25, 0.3) is 20.2 Å². The van der Waals surface area contributed by atoms with Crippen molar-refractivity contribution < 1.29 is 74.8 Å². The fourth-order valence-electron chi connectivity index (χ4n) is 6.36. The van der Waals surface area contributed by atoms with Crippen molar-refractivity contribution in [1.29, 1.82) is 11.0 Å². The molecule has 0 spiro atoms. The maximum Gasteiger partial charge on any atom is 0.573 e. The molecule has 6 rings (SSSR count). The van der Waals surface area contributed by atoms with Crippen LogP contribution in [-0.4, -0.2) is 48.9 Å². The third kappa shape index (κ3) is 7.54. The van der Waals surface area contributed by atoms with Crippen molar-refractivity contribution in [2.24, 2.45) is 10.2 Å². The van der Waals surface area contributed by atoms with Gasteiger partial charge in [0.05, 0.1) is 0 Å². The van der Waals surface area contributed by atoms with Gasteiger partial charge in [-0.15, -0.1) is 26.3 Å². The first-order valence-corrected chi connectivity index (χ1v) is 18.3. The van der Waals surface area contributed by atoms with Crippen LogP contribution in [0.1, 0.15) is 0 Å².